The van der Waals surface area contributed by atoms with Gasteiger partial charge in [0, 0.05) is 33.9 Å². The molecule has 1 N–H and O–H groups in total. The highest BCUT2D eigenvalue weighted by Gasteiger charge is 2.22. The van der Waals surface area contributed by atoms with E-state index in [-0.39, 0.29) is 17.7 Å². The summed E-state index contributed by atoms with van der Waals surface area (Å²) in [5.41, 5.74) is 1.47. The number of nitrogens with one attached hydrogen (secondary N) is 1. The van der Waals surface area contributed by atoms with Crippen molar-refractivity contribution in [3.8, 4) is 0 Å². The second-order valence-electron chi connectivity index (χ2n) is 6.54. The maximum atomic E-state index is 12.6. The maximum absolute atomic E-state index is 12.6. The van der Waals surface area contributed by atoms with E-state index in [2.05, 4.69) is 30.7 Å². The molecule has 0 radical (unpaired) electrons. The van der Waals surface area contributed by atoms with Gasteiger partial charge in [-0.3, -0.25) is 4.98 Å². The van der Waals surface area contributed by atoms with Gasteiger partial charge in [-0.25, -0.2) is 17.8 Å². The van der Waals surface area contributed by atoms with Crippen LogP contribution in [0.5, 0.6) is 0 Å². The van der Waals surface area contributed by atoms with E-state index < -0.39 is 10.0 Å². The van der Waals surface area contributed by atoms with Crippen LogP contribution in [0.3, 0.4) is 0 Å². The molecule has 0 aliphatic carbocycles. The minimum atomic E-state index is -3.73. The van der Waals surface area contributed by atoms with Crippen LogP contribution < -0.4 is 4.72 Å². The molecule has 1 saturated heterocycles. The lowest BCUT2D eigenvalue weighted by Gasteiger charge is -2.23. The standard InChI is InChI=1S/C18H18BrClN4O3S/c19-12-7-14(10-21-9-12)28(25,26)22-11-16-15-8-13(20)4-5-17(15)24(23-16)18-3-1-2-6-27-18/h4-5,7-10,18,22H,1-3,6,11H2. The zero-order valence-electron chi connectivity index (χ0n) is 14.8. The van der Waals surface area contributed by atoms with Crippen LogP contribution >= 0.6 is 27.5 Å². The molecule has 1 aliphatic heterocycles. The van der Waals surface area contributed by atoms with Crippen LogP contribution in [-0.2, 0) is 21.3 Å². The second kappa shape index (κ2) is 8.08. The van der Waals surface area contributed by atoms with Crippen LogP contribution in [0.4, 0.5) is 0 Å². The molecule has 0 saturated carbocycles. The Kier molecular flexibility index (Phi) is 5.71. The average molecular weight is 486 g/mol. The fourth-order valence-corrected chi connectivity index (χ4v) is 4.89. The van der Waals surface area contributed by atoms with Crippen molar-refractivity contribution < 1.29 is 13.2 Å². The summed E-state index contributed by atoms with van der Waals surface area (Å²) in [5.74, 6) is 0. The van der Waals surface area contributed by atoms with Gasteiger partial charge in [-0.05, 0) is 59.5 Å². The van der Waals surface area contributed by atoms with Gasteiger partial charge in [0.25, 0.3) is 0 Å². The van der Waals surface area contributed by atoms with Crippen LogP contribution in [0, 0.1) is 0 Å². The molecule has 4 rings (SSSR count). The number of rotatable bonds is 5. The average Bonchev–Trinajstić information content (AvgIpc) is 3.05. The van der Waals surface area contributed by atoms with E-state index >= 15 is 0 Å². The Morgan fingerprint density at radius 3 is 2.89 bits per heavy atom. The van der Waals surface area contributed by atoms with E-state index in [4.69, 9.17) is 16.3 Å². The van der Waals surface area contributed by atoms with Crippen LogP contribution in [0.1, 0.15) is 31.2 Å². The van der Waals surface area contributed by atoms with Crippen molar-refractivity contribution in [3.63, 3.8) is 0 Å². The number of sulfonamides is 1. The molecule has 10 heteroatoms. The second-order valence-corrected chi connectivity index (χ2v) is 9.66. The highest BCUT2D eigenvalue weighted by atomic mass is 79.9. The summed E-state index contributed by atoms with van der Waals surface area (Å²) < 4.78 is 36.1. The molecular formula is C18H18BrClN4O3S. The van der Waals surface area contributed by atoms with Crippen molar-refractivity contribution in [2.75, 3.05) is 6.61 Å². The molecule has 1 fully saturated rings. The Labute approximate surface area is 176 Å². The van der Waals surface area contributed by atoms with Crippen molar-refractivity contribution in [1.29, 1.82) is 0 Å². The fraction of sp³-hybridized carbons (Fsp3) is 0.333. The van der Waals surface area contributed by atoms with Crippen molar-refractivity contribution in [3.05, 3.63) is 51.8 Å². The van der Waals surface area contributed by atoms with Crippen LogP contribution in [0.2, 0.25) is 5.02 Å². The molecule has 28 heavy (non-hydrogen) atoms. The molecule has 0 spiro atoms. The Morgan fingerprint density at radius 1 is 1.29 bits per heavy atom. The number of fused-ring (bicyclic) bond motifs is 1. The summed E-state index contributed by atoms with van der Waals surface area (Å²) in [4.78, 5) is 4.00. The molecule has 0 amide bonds. The smallest absolute Gasteiger partial charge is 0.242 e. The lowest BCUT2D eigenvalue weighted by atomic mass is 10.1. The normalized spacial score (nSPS) is 17.9. The van der Waals surface area contributed by atoms with Gasteiger partial charge >= 0.3 is 0 Å². The number of hydrogen-bond donors (Lipinski definition) is 1. The molecule has 1 atom stereocenters. The molecule has 1 aromatic carbocycles. The lowest BCUT2D eigenvalue weighted by molar-refractivity contribution is -0.0368. The molecule has 3 aromatic rings. The molecule has 1 aliphatic rings. The summed E-state index contributed by atoms with van der Waals surface area (Å²) in [5, 5.41) is 6.02. The molecular weight excluding hydrogens is 468 g/mol. The number of nitrogens with zero attached hydrogens (tertiary/aromatic N) is 3. The van der Waals surface area contributed by atoms with E-state index in [1.54, 1.807) is 12.1 Å². The van der Waals surface area contributed by atoms with Crippen LogP contribution in [0.15, 0.2) is 46.0 Å². The summed E-state index contributed by atoms with van der Waals surface area (Å²) in [6.07, 6.45) is 5.65. The number of halogens is 2. The quantitative estimate of drug-likeness (QED) is 0.590. The minimum absolute atomic E-state index is 0.0331. The van der Waals surface area contributed by atoms with Crippen LogP contribution in [-0.4, -0.2) is 29.8 Å². The first kappa shape index (κ1) is 19.8. The largest absolute Gasteiger partial charge is 0.356 e. The first-order valence-electron chi connectivity index (χ1n) is 8.82. The van der Waals surface area contributed by atoms with E-state index in [1.165, 1.54) is 18.5 Å². The molecule has 1 unspecified atom stereocenters. The van der Waals surface area contributed by atoms with E-state index in [0.29, 0.717) is 21.8 Å². The Morgan fingerprint density at radius 2 is 2.14 bits per heavy atom. The lowest BCUT2D eigenvalue weighted by Crippen LogP contribution is -2.24. The summed E-state index contributed by atoms with van der Waals surface area (Å²) in [6.45, 7) is 0.725. The molecule has 148 valence electrons. The van der Waals surface area contributed by atoms with Gasteiger partial charge in [-0.1, -0.05) is 11.6 Å². The van der Waals surface area contributed by atoms with Gasteiger partial charge in [-0.2, -0.15) is 5.10 Å². The van der Waals surface area contributed by atoms with Gasteiger partial charge in [0.05, 0.1) is 17.8 Å². The SMILES string of the molecule is O=S(=O)(NCc1nn(C2CCCCO2)c2ccc(Cl)cc12)c1cncc(Br)c1. The third-order valence-corrected chi connectivity index (χ3v) is 6.63. The molecule has 2 aromatic heterocycles. The van der Waals surface area contributed by atoms with Gasteiger partial charge in [0.1, 0.15) is 4.90 Å². The first-order chi connectivity index (χ1) is 13.4. The highest BCUT2D eigenvalue weighted by molar-refractivity contribution is 9.10. The van der Waals surface area contributed by atoms with Gasteiger partial charge in [-0.15, -0.1) is 0 Å². The zero-order valence-corrected chi connectivity index (χ0v) is 18.0. The Bertz CT molecular complexity index is 1110. The van der Waals surface area contributed by atoms with Gasteiger partial charge in [0.2, 0.25) is 10.0 Å². The van der Waals surface area contributed by atoms with Crippen LogP contribution in [0.25, 0.3) is 10.9 Å². The summed E-state index contributed by atoms with van der Waals surface area (Å²) in [6, 6.07) is 6.98. The number of benzene rings is 1. The number of hydrogen-bond acceptors (Lipinski definition) is 5. The van der Waals surface area contributed by atoms with Crippen molar-refractivity contribution in [2.45, 2.75) is 36.9 Å². The summed E-state index contributed by atoms with van der Waals surface area (Å²) in [7, 11) is -3.73. The predicted molar refractivity (Wildman–Crippen MR) is 110 cm³/mol. The van der Waals surface area contributed by atoms with Crippen molar-refractivity contribution in [1.82, 2.24) is 19.5 Å². The monoisotopic (exact) mass is 484 g/mol. The number of pyridine rings is 1. The van der Waals surface area contributed by atoms with Gasteiger partial charge < -0.3 is 4.74 Å². The van der Waals surface area contributed by atoms with Crippen molar-refractivity contribution >= 4 is 48.5 Å². The Hall–Kier alpha value is -1.52. The van der Waals surface area contributed by atoms with Gasteiger partial charge in [0.15, 0.2) is 6.23 Å². The third kappa shape index (κ3) is 4.08. The van der Waals surface area contributed by atoms with E-state index in [1.807, 2.05) is 10.7 Å². The van der Waals surface area contributed by atoms with E-state index in [0.717, 1.165) is 30.2 Å². The fourth-order valence-electron chi connectivity index (χ4n) is 3.23. The molecule has 0 bridgehead atoms. The first-order valence-corrected chi connectivity index (χ1v) is 11.5. The number of aromatic nitrogens is 3. The predicted octanol–water partition coefficient (Wildman–Crippen LogP) is 4.02. The topological polar surface area (TPSA) is 86.1 Å². The number of ether oxygens (including phenoxy) is 1. The van der Waals surface area contributed by atoms with Crippen molar-refractivity contribution in [2.24, 2.45) is 0 Å². The zero-order chi connectivity index (χ0) is 19.7. The summed E-state index contributed by atoms with van der Waals surface area (Å²) >= 11 is 9.41. The molecule has 3 heterocycles. The minimum Gasteiger partial charge on any atom is -0.356 e. The molecule has 7 nitrogen and oxygen atoms in total. The Balaban J connectivity index is 1.65. The third-order valence-electron chi connectivity index (χ3n) is 4.59. The highest BCUT2D eigenvalue weighted by Crippen LogP contribution is 2.30. The van der Waals surface area contributed by atoms with E-state index in [9.17, 15) is 8.42 Å². The maximum Gasteiger partial charge on any atom is 0.242 e.